The lowest BCUT2D eigenvalue weighted by atomic mass is 10.3. The predicted molar refractivity (Wildman–Crippen MR) is 76.3 cm³/mol. The van der Waals surface area contributed by atoms with Crippen molar-refractivity contribution in [2.45, 2.75) is 0 Å². The van der Waals surface area contributed by atoms with Crippen LogP contribution in [0.1, 0.15) is 0 Å². The molecular formula is C16H13NO3. The first kappa shape index (κ1) is 13.5. The highest BCUT2D eigenvalue weighted by Crippen LogP contribution is 2.08. The van der Waals surface area contributed by atoms with E-state index in [1.807, 2.05) is 24.3 Å². The quantitative estimate of drug-likeness (QED) is 0.526. The Morgan fingerprint density at radius 1 is 0.850 bits per heavy atom. The lowest BCUT2D eigenvalue weighted by molar-refractivity contribution is -0.129. The molecule has 2 aromatic carbocycles. The second kappa shape index (κ2) is 6.89. The standard InChI is InChI=1S/C16H13NO3/c18-15(17-13-7-3-1-4-8-13)11-12-16(19)20-14-9-5-2-6-10-14/h1-12H,(H,17,18)/b12-11-. The second-order valence-corrected chi connectivity index (χ2v) is 3.92. The Morgan fingerprint density at radius 2 is 1.45 bits per heavy atom. The molecule has 0 atom stereocenters. The second-order valence-electron chi connectivity index (χ2n) is 3.92. The number of amides is 1. The van der Waals surface area contributed by atoms with Crippen LogP contribution in [0.25, 0.3) is 0 Å². The highest BCUT2D eigenvalue weighted by atomic mass is 16.5. The van der Waals surface area contributed by atoms with Gasteiger partial charge in [0.15, 0.2) is 0 Å². The minimum Gasteiger partial charge on any atom is -0.423 e. The van der Waals surface area contributed by atoms with Gasteiger partial charge in [0.2, 0.25) is 5.91 Å². The van der Waals surface area contributed by atoms with Crippen molar-refractivity contribution in [2.24, 2.45) is 0 Å². The number of para-hydroxylation sites is 2. The Labute approximate surface area is 116 Å². The number of esters is 1. The molecule has 0 spiro atoms. The van der Waals surface area contributed by atoms with Crippen LogP contribution in [0.2, 0.25) is 0 Å². The van der Waals surface area contributed by atoms with E-state index in [1.54, 1.807) is 36.4 Å². The van der Waals surface area contributed by atoms with Gasteiger partial charge < -0.3 is 10.1 Å². The number of anilines is 1. The zero-order valence-electron chi connectivity index (χ0n) is 10.7. The maximum Gasteiger partial charge on any atom is 0.336 e. The fourth-order valence-electron chi connectivity index (χ4n) is 1.49. The van der Waals surface area contributed by atoms with E-state index in [0.29, 0.717) is 11.4 Å². The molecule has 0 saturated heterocycles. The van der Waals surface area contributed by atoms with E-state index in [1.165, 1.54) is 0 Å². The molecule has 2 rings (SSSR count). The minimum atomic E-state index is -0.598. The van der Waals surface area contributed by atoms with Crippen LogP contribution in [-0.2, 0) is 9.59 Å². The van der Waals surface area contributed by atoms with Crippen LogP contribution in [0.5, 0.6) is 5.75 Å². The van der Waals surface area contributed by atoms with E-state index in [2.05, 4.69) is 5.32 Å². The van der Waals surface area contributed by atoms with Crippen LogP contribution in [-0.4, -0.2) is 11.9 Å². The summed E-state index contributed by atoms with van der Waals surface area (Å²) in [5, 5.41) is 2.63. The van der Waals surface area contributed by atoms with Crippen molar-refractivity contribution in [3.63, 3.8) is 0 Å². The molecule has 0 aliphatic heterocycles. The van der Waals surface area contributed by atoms with E-state index < -0.39 is 5.97 Å². The summed E-state index contributed by atoms with van der Waals surface area (Å²) < 4.78 is 5.01. The molecule has 0 saturated carbocycles. The smallest absolute Gasteiger partial charge is 0.336 e. The molecular weight excluding hydrogens is 254 g/mol. The van der Waals surface area contributed by atoms with Crippen molar-refractivity contribution in [2.75, 3.05) is 5.32 Å². The van der Waals surface area contributed by atoms with Crippen molar-refractivity contribution in [1.82, 2.24) is 0 Å². The lowest BCUT2D eigenvalue weighted by Gasteiger charge is -2.01. The summed E-state index contributed by atoms with van der Waals surface area (Å²) in [4.78, 5) is 23.0. The Hall–Kier alpha value is -2.88. The van der Waals surface area contributed by atoms with Crippen molar-refractivity contribution in [1.29, 1.82) is 0 Å². The van der Waals surface area contributed by atoms with Gasteiger partial charge in [-0.15, -0.1) is 0 Å². The van der Waals surface area contributed by atoms with E-state index in [-0.39, 0.29) is 5.91 Å². The maximum atomic E-state index is 11.6. The Kier molecular flexibility index (Phi) is 4.67. The van der Waals surface area contributed by atoms with Crippen molar-refractivity contribution < 1.29 is 14.3 Å². The number of rotatable bonds is 4. The van der Waals surface area contributed by atoms with Gasteiger partial charge in [0.1, 0.15) is 5.75 Å². The topological polar surface area (TPSA) is 55.4 Å². The molecule has 100 valence electrons. The monoisotopic (exact) mass is 267 g/mol. The first-order valence-electron chi connectivity index (χ1n) is 6.05. The molecule has 0 unspecified atom stereocenters. The van der Waals surface area contributed by atoms with Crippen LogP contribution < -0.4 is 10.1 Å². The summed E-state index contributed by atoms with van der Waals surface area (Å²) in [6.45, 7) is 0. The van der Waals surface area contributed by atoms with Crippen LogP contribution in [0, 0.1) is 0 Å². The average molecular weight is 267 g/mol. The van der Waals surface area contributed by atoms with Crippen molar-refractivity contribution in [3.05, 3.63) is 72.8 Å². The molecule has 0 aliphatic carbocycles. The SMILES string of the molecule is O=C(/C=C\C(=O)Oc1ccccc1)Nc1ccccc1. The molecule has 0 heterocycles. The lowest BCUT2D eigenvalue weighted by Crippen LogP contribution is -2.10. The van der Waals surface area contributed by atoms with E-state index in [0.717, 1.165) is 12.2 Å². The van der Waals surface area contributed by atoms with Gasteiger partial charge in [-0.3, -0.25) is 4.79 Å². The van der Waals surface area contributed by atoms with Crippen LogP contribution >= 0.6 is 0 Å². The Morgan fingerprint density at radius 3 is 2.10 bits per heavy atom. The van der Waals surface area contributed by atoms with E-state index in [4.69, 9.17) is 4.74 Å². The summed E-state index contributed by atoms with van der Waals surface area (Å²) in [5.41, 5.74) is 0.665. The number of carbonyl (C=O) groups is 2. The van der Waals surface area contributed by atoms with Gasteiger partial charge in [0, 0.05) is 17.8 Å². The molecule has 0 aromatic heterocycles. The third kappa shape index (κ3) is 4.42. The molecule has 0 radical (unpaired) electrons. The first-order valence-corrected chi connectivity index (χ1v) is 6.05. The van der Waals surface area contributed by atoms with Gasteiger partial charge in [-0.1, -0.05) is 36.4 Å². The van der Waals surface area contributed by atoms with Crippen LogP contribution in [0.3, 0.4) is 0 Å². The summed E-state index contributed by atoms with van der Waals surface area (Å²) in [6.07, 6.45) is 2.23. The summed E-state index contributed by atoms with van der Waals surface area (Å²) in [6, 6.07) is 17.6. The average Bonchev–Trinajstić information content (AvgIpc) is 2.47. The molecule has 0 aliphatic rings. The molecule has 4 heteroatoms. The van der Waals surface area contributed by atoms with Crippen molar-refractivity contribution >= 4 is 17.6 Å². The van der Waals surface area contributed by atoms with Gasteiger partial charge >= 0.3 is 5.97 Å². The summed E-state index contributed by atoms with van der Waals surface area (Å²) >= 11 is 0. The molecule has 0 fully saturated rings. The van der Waals surface area contributed by atoms with Crippen molar-refractivity contribution in [3.8, 4) is 5.75 Å². The third-order valence-electron chi connectivity index (χ3n) is 2.37. The van der Waals surface area contributed by atoms with Crippen LogP contribution in [0.15, 0.2) is 72.8 Å². The third-order valence-corrected chi connectivity index (χ3v) is 2.37. The van der Waals surface area contributed by atoms with Gasteiger partial charge in [0.25, 0.3) is 0 Å². The molecule has 2 aromatic rings. The molecule has 20 heavy (non-hydrogen) atoms. The highest BCUT2D eigenvalue weighted by Gasteiger charge is 2.01. The number of ether oxygens (including phenoxy) is 1. The molecule has 0 bridgehead atoms. The van der Waals surface area contributed by atoms with Gasteiger partial charge in [0.05, 0.1) is 0 Å². The van der Waals surface area contributed by atoms with Gasteiger partial charge in [-0.2, -0.15) is 0 Å². The van der Waals surface area contributed by atoms with Gasteiger partial charge in [-0.05, 0) is 24.3 Å². The molecule has 1 amide bonds. The van der Waals surface area contributed by atoms with E-state index >= 15 is 0 Å². The number of hydrogen-bond donors (Lipinski definition) is 1. The fourth-order valence-corrected chi connectivity index (χ4v) is 1.49. The number of benzene rings is 2. The summed E-state index contributed by atoms with van der Waals surface area (Å²) in [7, 11) is 0. The Bertz CT molecular complexity index is 551. The normalized spacial score (nSPS) is 10.2. The predicted octanol–water partition coefficient (Wildman–Crippen LogP) is 2.79. The maximum absolute atomic E-state index is 11.6. The largest absolute Gasteiger partial charge is 0.423 e. The Balaban J connectivity index is 1.86. The van der Waals surface area contributed by atoms with Gasteiger partial charge in [-0.25, -0.2) is 4.79 Å². The molecule has 4 nitrogen and oxygen atoms in total. The summed E-state index contributed by atoms with van der Waals surface area (Å²) in [5.74, 6) is -0.550. The number of hydrogen-bond acceptors (Lipinski definition) is 3. The molecule has 1 N–H and O–H groups in total. The fraction of sp³-hybridized carbons (Fsp3) is 0. The van der Waals surface area contributed by atoms with E-state index in [9.17, 15) is 9.59 Å². The van der Waals surface area contributed by atoms with Crippen LogP contribution in [0.4, 0.5) is 5.69 Å². The minimum absolute atomic E-state index is 0.388. The zero-order valence-corrected chi connectivity index (χ0v) is 10.7. The number of nitrogens with one attached hydrogen (secondary N) is 1. The zero-order chi connectivity index (χ0) is 14.2. The highest BCUT2D eigenvalue weighted by molar-refractivity contribution is 6.02. The first-order chi connectivity index (χ1) is 9.74. The number of carbonyl (C=O) groups excluding carboxylic acids is 2.